The largest absolute Gasteiger partial charge is 0.399 e. The Hall–Kier alpha value is -2.25. The fourth-order valence-corrected chi connectivity index (χ4v) is 3.40. The maximum absolute atomic E-state index is 6.52. The van der Waals surface area contributed by atoms with Crippen molar-refractivity contribution >= 4 is 17.3 Å². The van der Waals surface area contributed by atoms with Gasteiger partial charge in [-0.3, -0.25) is 0 Å². The molecular weight excluding hydrogens is 278 g/mol. The van der Waals surface area contributed by atoms with Gasteiger partial charge in [0.05, 0.1) is 0 Å². The number of nitrogens with two attached hydrogens (primary N) is 1. The van der Waals surface area contributed by atoms with Crippen molar-refractivity contribution in [3.63, 3.8) is 0 Å². The SMILES string of the molecule is Nc1ccc(-c2c(Cl)ccc3c2-c2ccccc2C3)cc1. The van der Waals surface area contributed by atoms with Crippen LogP contribution in [0.4, 0.5) is 5.69 Å². The van der Waals surface area contributed by atoms with E-state index in [1.807, 2.05) is 30.3 Å². The number of halogens is 1. The second-order valence-electron chi connectivity index (χ2n) is 5.41. The van der Waals surface area contributed by atoms with Gasteiger partial charge in [0, 0.05) is 16.3 Å². The highest BCUT2D eigenvalue weighted by atomic mass is 35.5. The first-order valence-electron chi connectivity index (χ1n) is 6.99. The molecule has 102 valence electrons. The lowest BCUT2D eigenvalue weighted by molar-refractivity contribution is 1.26. The zero-order valence-electron chi connectivity index (χ0n) is 11.4. The van der Waals surface area contributed by atoms with E-state index in [4.69, 9.17) is 17.3 Å². The number of hydrogen-bond donors (Lipinski definition) is 1. The van der Waals surface area contributed by atoms with Crippen LogP contribution in [0, 0.1) is 0 Å². The lowest BCUT2D eigenvalue weighted by Gasteiger charge is -2.12. The van der Waals surface area contributed by atoms with Gasteiger partial charge in [-0.05, 0) is 52.4 Å². The van der Waals surface area contributed by atoms with E-state index in [-0.39, 0.29) is 0 Å². The van der Waals surface area contributed by atoms with Crippen LogP contribution in [0.25, 0.3) is 22.3 Å². The fraction of sp³-hybridized carbons (Fsp3) is 0.0526. The Balaban J connectivity index is 2.02. The Kier molecular flexibility index (Phi) is 2.76. The van der Waals surface area contributed by atoms with Gasteiger partial charge in [-0.1, -0.05) is 54.1 Å². The third-order valence-electron chi connectivity index (χ3n) is 4.11. The Bertz CT molecular complexity index is 835. The molecule has 0 heterocycles. The first kappa shape index (κ1) is 12.5. The van der Waals surface area contributed by atoms with Crippen LogP contribution in [0.1, 0.15) is 11.1 Å². The lowest BCUT2D eigenvalue weighted by atomic mass is 9.94. The standard InChI is InChI=1S/C19H14ClN/c20-17-10-7-14-11-13-3-1-2-4-16(13)18(14)19(17)12-5-8-15(21)9-6-12/h1-10H,11,21H2. The van der Waals surface area contributed by atoms with Crippen molar-refractivity contribution in [3.05, 3.63) is 76.8 Å². The summed E-state index contributed by atoms with van der Waals surface area (Å²) in [5.41, 5.74) is 14.1. The number of nitrogen functional groups attached to an aromatic ring is 1. The van der Waals surface area contributed by atoms with Crippen molar-refractivity contribution in [1.29, 1.82) is 0 Å². The van der Waals surface area contributed by atoms with Crippen molar-refractivity contribution in [2.75, 3.05) is 5.73 Å². The maximum atomic E-state index is 6.52. The van der Waals surface area contributed by atoms with Gasteiger partial charge >= 0.3 is 0 Å². The minimum atomic E-state index is 0.767. The fourth-order valence-electron chi connectivity index (χ4n) is 3.13. The van der Waals surface area contributed by atoms with Gasteiger partial charge in [0.2, 0.25) is 0 Å². The van der Waals surface area contributed by atoms with E-state index in [1.54, 1.807) is 0 Å². The summed E-state index contributed by atoms with van der Waals surface area (Å²) >= 11 is 6.52. The highest BCUT2D eigenvalue weighted by Gasteiger charge is 2.23. The van der Waals surface area contributed by atoms with E-state index in [9.17, 15) is 0 Å². The molecule has 3 aromatic carbocycles. The minimum Gasteiger partial charge on any atom is -0.399 e. The summed E-state index contributed by atoms with van der Waals surface area (Å²) in [6, 6.07) is 20.6. The molecule has 4 rings (SSSR count). The zero-order valence-corrected chi connectivity index (χ0v) is 12.2. The Labute approximate surface area is 129 Å². The van der Waals surface area contributed by atoms with Crippen molar-refractivity contribution in [2.45, 2.75) is 6.42 Å². The van der Waals surface area contributed by atoms with Crippen LogP contribution in [0.3, 0.4) is 0 Å². The van der Waals surface area contributed by atoms with Crippen molar-refractivity contribution in [3.8, 4) is 22.3 Å². The molecule has 2 N–H and O–H groups in total. The van der Waals surface area contributed by atoms with E-state index in [0.29, 0.717) is 0 Å². The van der Waals surface area contributed by atoms with Gasteiger partial charge in [-0.2, -0.15) is 0 Å². The zero-order chi connectivity index (χ0) is 14.4. The van der Waals surface area contributed by atoms with Crippen molar-refractivity contribution in [1.82, 2.24) is 0 Å². The van der Waals surface area contributed by atoms with Gasteiger partial charge in [0.1, 0.15) is 0 Å². The molecule has 3 aromatic rings. The summed E-state index contributed by atoms with van der Waals surface area (Å²) < 4.78 is 0. The van der Waals surface area contributed by atoms with Gasteiger partial charge in [-0.15, -0.1) is 0 Å². The summed E-state index contributed by atoms with van der Waals surface area (Å²) in [6.07, 6.45) is 0.977. The van der Waals surface area contributed by atoms with Crippen LogP contribution in [-0.2, 0) is 6.42 Å². The molecule has 0 bridgehead atoms. The summed E-state index contributed by atoms with van der Waals surface area (Å²) in [5.74, 6) is 0. The molecule has 0 saturated heterocycles. The number of benzene rings is 3. The van der Waals surface area contributed by atoms with Crippen LogP contribution in [0.5, 0.6) is 0 Å². The molecule has 0 radical (unpaired) electrons. The molecule has 0 aliphatic heterocycles. The smallest absolute Gasteiger partial charge is 0.0490 e. The number of fused-ring (bicyclic) bond motifs is 3. The maximum Gasteiger partial charge on any atom is 0.0490 e. The van der Waals surface area contributed by atoms with Crippen molar-refractivity contribution in [2.24, 2.45) is 0 Å². The van der Waals surface area contributed by atoms with Crippen LogP contribution >= 0.6 is 11.6 Å². The molecular formula is C19H14ClN. The van der Waals surface area contributed by atoms with Crippen LogP contribution in [0.2, 0.25) is 5.02 Å². The molecule has 0 atom stereocenters. The third-order valence-corrected chi connectivity index (χ3v) is 4.42. The summed E-state index contributed by atoms with van der Waals surface area (Å²) in [5, 5.41) is 0.787. The van der Waals surface area contributed by atoms with Crippen molar-refractivity contribution < 1.29 is 0 Å². The molecule has 0 saturated carbocycles. The van der Waals surface area contributed by atoms with Gasteiger partial charge < -0.3 is 5.73 Å². The molecule has 21 heavy (non-hydrogen) atoms. The monoisotopic (exact) mass is 291 g/mol. The summed E-state index contributed by atoms with van der Waals surface area (Å²) in [7, 11) is 0. The van der Waals surface area contributed by atoms with Gasteiger partial charge in [-0.25, -0.2) is 0 Å². The Morgan fingerprint density at radius 2 is 1.52 bits per heavy atom. The molecule has 0 spiro atoms. The van der Waals surface area contributed by atoms with Crippen LogP contribution < -0.4 is 5.73 Å². The van der Waals surface area contributed by atoms with Gasteiger partial charge in [0.15, 0.2) is 0 Å². The van der Waals surface area contributed by atoms with E-state index in [1.165, 1.54) is 22.3 Å². The predicted molar refractivity (Wildman–Crippen MR) is 89.5 cm³/mol. The highest BCUT2D eigenvalue weighted by Crippen LogP contribution is 2.45. The first-order valence-corrected chi connectivity index (χ1v) is 7.37. The third kappa shape index (κ3) is 1.93. The minimum absolute atomic E-state index is 0.767. The quantitative estimate of drug-likeness (QED) is 0.482. The first-order chi connectivity index (χ1) is 10.2. The van der Waals surface area contributed by atoms with Crippen LogP contribution in [-0.4, -0.2) is 0 Å². The Morgan fingerprint density at radius 1 is 0.762 bits per heavy atom. The number of anilines is 1. The lowest BCUT2D eigenvalue weighted by Crippen LogP contribution is -1.89. The topological polar surface area (TPSA) is 26.0 Å². The average molecular weight is 292 g/mol. The van der Waals surface area contributed by atoms with E-state index in [0.717, 1.165) is 28.3 Å². The van der Waals surface area contributed by atoms with Gasteiger partial charge in [0.25, 0.3) is 0 Å². The molecule has 0 aromatic heterocycles. The molecule has 0 amide bonds. The van der Waals surface area contributed by atoms with E-state index < -0.39 is 0 Å². The summed E-state index contributed by atoms with van der Waals surface area (Å²) in [4.78, 5) is 0. The second-order valence-corrected chi connectivity index (χ2v) is 5.82. The molecule has 2 heteroatoms. The molecule has 1 aliphatic carbocycles. The average Bonchev–Trinajstić information content (AvgIpc) is 2.87. The second kappa shape index (κ2) is 4.64. The van der Waals surface area contributed by atoms with E-state index >= 15 is 0 Å². The Morgan fingerprint density at radius 3 is 2.33 bits per heavy atom. The van der Waals surface area contributed by atoms with Crippen LogP contribution in [0.15, 0.2) is 60.7 Å². The van der Waals surface area contributed by atoms with E-state index in [2.05, 4.69) is 30.3 Å². The molecule has 0 fully saturated rings. The number of rotatable bonds is 1. The summed E-state index contributed by atoms with van der Waals surface area (Å²) in [6.45, 7) is 0. The number of hydrogen-bond acceptors (Lipinski definition) is 1. The highest BCUT2D eigenvalue weighted by molar-refractivity contribution is 6.34. The normalized spacial score (nSPS) is 12.0. The molecule has 1 nitrogen and oxygen atoms in total. The predicted octanol–water partition coefficient (Wildman–Crippen LogP) is 5.16. The molecule has 1 aliphatic rings. The molecule has 0 unspecified atom stereocenters.